The molecule has 32 heavy (non-hydrogen) atoms. The Labute approximate surface area is 186 Å². The maximum Gasteiger partial charge on any atom is 0.251 e. The SMILES string of the molecule is CCN(CC)S(=O)(=O)c1ccc(=O)n(CC(=O)c2cc(C)n(-c3cccc(F)c3)c2C)c1. The van der Waals surface area contributed by atoms with Gasteiger partial charge in [0.25, 0.3) is 5.56 Å². The molecule has 3 rings (SSSR count). The molecule has 2 heterocycles. The van der Waals surface area contributed by atoms with Crippen LogP contribution in [0.25, 0.3) is 5.69 Å². The van der Waals surface area contributed by atoms with Gasteiger partial charge in [-0.1, -0.05) is 19.9 Å². The number of Topliss-reactive ketones (excluding diaryl/α,β-unsaturated/α-hetero) is 1. The number of sulfonamides is 1. The van der Waals surface area contributed by atoms with Crippen molar-refractivity contribution in [1.82, 2.24) is 13.4 Å². The third-order valence-corrected chi connectivity index (χ3v) is 7.44. The summed E-state index contributed by atoms with van der Waals surface area (Å²) in [5, 5.41) is 0. The van der Waals surface area contributed by atoms with Crippen molar-refractivity contribution in [1.29, 1.82) is 0 Å². The van der Waals surface area contributed by atoms with E-state index >= 15 is 0 Å². The number of hydrogen-bond acceptors (Lipinski definition) is 4. The van der Waals surface area contributed by atoms with Crippen molar-refractivity contribution in [3.63, 3.8) is 0 Å². The highest BCUT2D eigenvalue weighted by atomic mass is 32.2. The fraction of sp³-hybridized carbons (Fsp3) is 0.304. The van der Waals surface area contributed by atoms with Gasteiger partial charge in [0, 0.05) is 48.0 Å². The Hall–Kier alpha value is -3.04. The van der Waals surface area contributed by atoms with Gasteiger partial charge in [-0.3, -0.25) is 9.59 Å². The quantitative estimate of drug-likeness (QED) is 0.484. The van der Waals surface area contributed by atoms with E-state index in [4.69, 9.17) is 0 Å². The Bertz CT molecular complexity index is 1320. The lowest BCUT2D eigenvalue weighted by Gasteiger charge is -2.19. The Morgan fingerprint density at radius 2 is 1.75 bits per heavy atom. The van der Waals surface area contributed by atoms with E-state index in [0.29, 0.717) is 30.0 Å². The molecule has 0 spiro atoms. The van der Waals surface area contributed by atoms with Gasteiger partial charge in [0.15, 0.2) is 5.78 Å². The normalized spacial score (nSPS) is 11.8. The molecule has 0 bridgehead atoms. The minimum absolute atomic E-state index is 0.0427. The third-order valence-electron chi connectivity index (χ3n) is 5.41. The van der Waals surface area contributed by atoms with E-state index in [9.17, 15) is 22.4 Å². The van der Waals surface area contributed by atoms with E-state index in [1.54, 1.807) is 50.5 Å². The molecule has 9 heteroatoms. The monoisotopic (exact) mass is 459 g/mol. The molecule has 2 aromatic heterocycles. The zero-order chi connectivity index (χ0) is 23.6. The lowest BCUT2D eigenvalue weighted by molar-refractivity contribution is 0.0970. The molecule has 1 aromatic carbocycles. The van der Waals surface area contributed by atoms with E-state index in [2.05, 4.69) is 0 Å². The lowest BCUT2D eigenvalue weighted by atomic mass is 10.1. The van der Waals surface area contributed by atoms with E-state index in [0.717, 1.165) is 16.3 Å². The van der Waals surface area contributed by atoms with Gasteiger partial charge in [0.05, 0.1) is 11.4 Å². The molecule has 0 aliphatic carbocycles. The van der Waals surface area contributed by atoms with Gasteiger partial charge in [0.1, 0.15) is 5.82 Å². The van der Waals surface area contributed by atoms with Gasteiger partial charge in [-0.25, -0.2) is 12.8 Å². The van der Waals surface area contributed by atoms with Gasteiger partial charge in [0.2, 0.25) is 10.0 Å². The maximum absolute atomic E-state index is 13.7. The van der Waals surface area contributed by atoms with Crippen LogP contribution in [0, 0.1) is 19.7 Å². The average molecular weight is 460 g/mol. The van der Waals surface area contributed by atoms with Gasteiger partial charge in [-0.15, -0.1) is 0 Å². The minimum atomic E-state index is -3.77. The molecule has 0 radical (unpaired) electrons. The topological polar surface area (TPSA) is 81.4 Å². The first-order chi connectivity index (χ1) is 15.1. The molecule has 0 amide bonds. The molecule has 0 atom stereocenters. The van der Waals surface area contributed by atoms with Crippen LogP contribution in [-0.4, -0.2) is 40.7 Å². The number of pyridine rings is 1. The number of ketones is 1. The van der Waals surface area contributed by atoms with Crippen molar-refractivity contribution >= 4 is 15.8 Å². The second kappa shape index (κ2) is 9.22. The number of carbonyl (C=O) groups is 1. The number of aromatic nitrogens is 2. The van der Waals surface area contributed by atoms with Crippen LogP contribution in [0.5, 0.6) is 0 Å². The number of benzene rings is 1. The Morgan fingerprint density at radius 3 is 2.38 bits per heavy atom. The highest BCUT2D eigenvalue weighted by Gasteiger charge is 2.23. The zero-order valence-electron chi connectivity index (χ0n) is 18.5. The molecule has 170 valence electrons. The summed E-state index contributed by atoms with van der Waals surface area (Å²) in [4.78, 5) is 25.4. The van der Waals surface area contributed by atoms with Gasteiger partial charge < -0.3 is 9.13 Å². The Kier molecular flexibility index (Phi) is 6.80. The largest absolute Gasteiger partial charge is 0.318 e. The number of carbonyl (C=O) groups excluding carboxylic acids is 1. The van der Waals surface area contributed by atoms with Crippen LogP contribution in [0.15, 0.2) is 58.4 Å². The molecular formula is C23H26FN3O4S. The van der Waals surface area contributed by atoms with Crippen molar-refractivity contribution in [2.45, 2.75) is 39.1 Å². The highest BCUT2D eigenvalue weighted by Crippen LogP contribution is 2.22. The Morgan fingerprint density at radius 1 is 1.06 bits per heavy atom. The first-order valence-corrected chi connectivity index (χ1v) is 11.7. The molecule has 0 aliphatic rings. The molecule has 0 fully saturated rings. The van der Waals surface area contributed by atoms with Crippen LogP contribution < -0.4 is 5.56 Å². The van der Waals surface area contributed by atoms with Crippen LogP contribution in [-0.2, 0) is 16.6 Å². The summed E-state index contributed by atoms with van der Waals surface area (Å²) in [6.07, 6.45) is 1.21. The summed E-state index contributed by atoms with van der Waals surface area (Å²) in [6, 6.07) is 10.1. The standard InChI is InChI=1S/C23H26FN3O4S/c1-5-26(6-2)32(30,31)20-10-11-23(29)25(14-20)15-22(28)21-12-16(3)27(17(21)4)19-9-7-8-18(24)13-19/h7-14H,5-6,15H2,1-4H3. The fourth-order valence-electron chi connectivity index (χ4n) is 3.80. The second-order valence-corrected chi connectivity index (χ2v) is 9.38. The molecule has 7 nitrogen and oxygen atoms in total. The summed E-state index contributed by atoms with van der Waals surface area (Å²) >= 11 is 0. The van der Waals surface area contributed by atoms with Crippen LogP contribution in [0.4, 0.5) is 4.39 Å². The maximum atomic E-state index is 13.7. The molecule has 3 aromatic rings. The first kappa shape index (κ1) is 23.6. The van der Waals surface area contributed by atoms with Crippen molar-refractivity contribution in [2.24, 2.45) is 0 Å². The number of nitrogens with zero attached hydrogens (tertiary/aromatic N) is 3. The number of aryl methyl sites for hydroxylation is 1. The number of hydrogen-bond donors (Lipinski definition) is 0. The summed E-state index contributed by atoms with van der Waals surface area (Å²) in [5.41, 5.74) is 1.84. The molecule has 0 unspecified atom stereocenters. The third kappa shape index (κ3) is 4.44. The van der Waals surface area contributed by atoms with Crippen molar-refractivity contribution < 1.29 is 17.6 Å². The van der Waals surface area contributed by atoms with Gasteiger partial charge in [-0.05, 0) is 44.2 Å². The lowest BCUT2D eigenvalue weighted by Crippen LogP contribution is -2.32. The Balaban J connectivity index is 1.97. The predicted octanol–water partition coefficient (Wildman–Crippen LogP) is 3.31. The fourth-order valence-corrected chi connectivity index (χ4v) is 5.27. The summed E-state index contributed by atoms with van der Waals surface area (Å²) in [7, 11) is -3.77. The van der Waals surface area contributed by atoms with Crippen molar-refractivity contribution in [3.8, 4) is 5.69 Å². The summed E-state index contributed by atoms with van der Waals surface area (Å²) in [6.45, 7) is 7.29. The number of rotatable bonds is 8. The highest BCUT2D eigenvalue weighted by molar-refractivity contribution is 7.89. The molecule has 0 saturated heterocycles. The van der Waals surface area contributed by atoms with Crippen LogP contribution in [0.3, 0.4) is 0 Å². The zero-order valence-corrected chi connectivity index (χ0v) is 19.3. The van der Waals surface area contributed by atoms with E-state index in [1.807, 2.05) is 0 Å². The molecule has 0 saturated carbocycles. The van der Waals surface area contributed by atoms with E-state index in [1.165, 1.54) is 28.7 Å². The van der Waals surface area contributed by atoms with Gasteiger partial charge >= 0.3 is 0 Å². The van der Waals surface area contributed by atoms with Gasteiger partial charge in [-0.2, -0.15) is 4.31 Å². The van der Waals surface area contributed by atoms with Crippen LogP contribution in [0.2, 0.25) is 0 Å². The predicted molar refractivity (Wildman–Crippen MR) is 120 cm³/mol. The van der Waals surface area contributed by atoms with E-state index in [-0.39, 0.29) is 23.0 Å². The van der Waals surface area contributed by atoms with Crippen LogP contribution >= 0.6 is 0 Å². The molecular weight excluding hydrogens is 433 g/mol. The smallest absolute Gasteiger partial charge is 0.251 e. The molecule has 0 aliphatic heterocycles. The molecule has 0 N–H and O–H groups in total. The minimum Gasteiger partial charge on any atom is -0.318 e. The van der Waals surface area contributed by atoms with Crippen molar-refractivity contribution in [3.05, 3.63) is 81.8 Å². The summed E-state index contributed by atoms with van der Waals surface area (Å²) in [5.74, 6) is -0.735. The average Bonchev–Trinajstić information content (AvgIpc) is 3.04. The first-order valence-electron chi connectivity index (χ1n) is 10.3. The second-order valence-electron chi connectivity index (χ2n) is 7.44. The van der Waals surface area contributed by atoms with Crippen molar-refractivity contribution in [2.75, 3.05) is 13.1 Å². The summed E-state index contributed by atoms with van der Waals surface area (Å²) < 4.78 is 43.4. The van der Waals surface area contributed by atoms with Crippen LogP contribution in [0.1, 0.15) is 35.6 Å². The van der Waals surface area contributed by atoms with E-state index < -0.39 is 15.6 Å². The number of halogens is 1.